The molecule has 0 saturated heterocycles. The van der Waals surface area contributed by atoms with Crippen molar-refractivity contribution < 1.29 is 9.63 Å². The van der Waals surface area contributed by atoms with E-state index in [1.54, 1.807) is 7.05 Å². The first-order chi connectivity index (χ1) is 13.3. The van der Waals surface area contributed by atoms with E-state index in [1.807, 2.05) is 0 Å². The summed E-state index contributed by atoms with van der Waals surface area (Å²) in [6.45, 7) is 9.70. The second-order valence-corrected chi connectivity index (χ2v) is 12.7. The third-order valence-electron chi connectivity index (χ3n) is 5.04. The molecule has 0 bridgehead atoms. The highest BCUT2D eigenvalue weighted by Gasteiger charge is 2.50. The van der Waals surface area contributed by atoms with E-state index >= 15 is 0 Å². The molecule has 0 radical (unpaired) electrons. The van der Waals surface area contributed by atoms with Crippen molar-refractivity contribution in [1.29, 1.82) is 0 Å². The molecule has 0 aliphatic heterocycles. The third kappa shape index (κ3) is 5.64. The molecule has 0 aliphatic carbocycles. The standard InChI is InChI=1S/C24H35NO2Si/c1-21(15-9-8-14-20-25(5)26)27-28(24(2,3)4,22-16-10-6-11-17-22)23-18-12-7-13-19-23/h6-7,9-13,15-19,21,26H,8,14,20H2,1-5H3/b15-9+/t21-/m0/s1. The van der Waals surface area contributed by atoms with Gasteiger partial charge in [-0.2, -0.15) is 5.06 Å². The molecule has 0 unspecified atom stereocenters. The monoisotopic (exact) mass is 397 g/mol. The first-order valence-electron chi connectivity index (χ1n) is 10.1. The molecule has 3 nitrogen and oxygen atoms in total. The zero-order chi connectivity index (χ0) is 20.6. The highest BCUT2D eigenvalue weighted by Crippen LogP contribution is 2.37. The summed E-state index contributed by atoms with van der Waals surface area (Å²) in [6.07, 6.45) is 6.20. The summed E-state index contributed by atoms with van der Waals surface area (Å²) in [5.74, 6) is 0. The van der Waals surface area contributed by atoms with Crippen LogP contribution < -0.4 is 10.4 Å². The number of benzene rings is 2. The number of hydrogen-bond donors (Lipinski definition) is 1. The van der Waals surface area contributed by atoms with Crippen LogP contribution in [-0.2, 0) is 4.43 Å². The lowest BCUT2D eigenvalue weighted by molar-refractivity contribution is -0.0649. The number of rotatable bonds is 9. The van der Waals surface area contributed by atoms with E-state index < -0.39 is 8.32 Å². The predicted octanol–water partition coefficient (Wildman–Crippen LogP) is 4.61. The van der Waals surface area contributed by atoms with Gasteiger partial charge in [-0.05, 0) is 35.2 Å². The lowest BCUT2D eigenvalue weighted by Gasteiger charge is -2.44. The normalized spacial score (nSPS) is 14.0. The van der Waals surface area contributed by atoms with Gasteiger partial charge in [-0.3, -0.25) is 0 Å². The quantitative estimate of drug-likeness (QED) is 0.290. The smallest absolute Gasteiger partial charge is 0.261 e. The Kier molecular flexibility index (Phi) is 8.19. The summed E-state index contributed by atoms with van der Waals surface area (Å²) in [6, 6.07) is 21.5. The van der Waals surface area contributed by atoms with Crippen molar-refractivity contribution >= 4 is 18.7 Å². The lowest BCUT2D eigenvalue weighted by Crippen LogP contribution is -2.67. The molecule has 0 aromatic heterocycles. The van der Waals surface area contributed by atoms with Crippen LogP contribution in [-0.4, -0.2) is 38.3 Å². The molecule has 0 fully saturated rings. The second-order valence-electron chi connectivity index (χ2n) is 8.44. The molecule has 1 N–H and O–H groups in total. The Bertz CT molecular complexity index is 684. The Hall–Kier alpha value is -1.72. The van der Waals surface area contributed by atoms with Crippen LogP contribution in [0.4, 0.5) is 0 Å². The molecule has 0 aliphatic rings. The lowest BCUT2D eigenvalue weighted by atomic mass is 10.2. The van der Waals surface area contributed by atoms with Gasteiger partial charge >= 0.3 is 0 Å². The van der Waals surface area contributed by atoms with Crippen LogP contribution in [0.25, 0.3) is 0 Å². The van der Waals surface area contributed by atoms with Crippen LogP contribution in [0.5, 0.6) is 0 Å². The molecular formula is C24H35NO2Si. The van der Waals surface area contributed by atoms with Crippen molar-refractivity contribution in [3.05, 3.63) is 72.8 Å². The fourth-order valence-corrected chi connectivity index (χ4v) is 8.39. The molecule has 2 aromatic carbocycles. The Labute approximate surface area is 171 Å². The first-order valence-corrected chi connectivity index (χ1v) is 12.0. The zero-order valence-corrected chi connectivity index (χ0v) is 18.9. The van der Waals surface area contributed by atoms with Crippen LogP contribution in [0, 0.1) is 0 Å². The van der Waals surface area contributed by atoms with Gasteiger partial charge in [-0.25, -0.2) is 0 Å². The maximum absolute atomic E-state index is 9.25. The first kappa shape index (κ1) is 22.6. The van der Waals surface area contributed by atoms with E-state index in [0.717, 1.165) is 12.8 Å². The summed E-state index contributed by atoms with van der Waals surface area (Å²) in [5.41, 5.74) is 0. The molecule has 2 aromatic rings. The molecule has 0 saturated carbocycles. The predicted molar refractivity (Wildman–Crippen MR) is 121 cm³/mol. The molecule has 4 heteroatoms. The van der Waals surface area contributed by atoms with Gasteiger partial charge in [-0.1, -0.05) is 93.6 Å². The molecule has 2 rings (SSSR count). The van der Waals surface area contributed by atoms with Crippen LogP contribution in [0.1, 0.15) is 40.5 Å². The number of unbranched alkanes of at least 4 members (excludes halogenated alkanes) is 1. The summed E-state index contributed by atoms with van der Waals surface area (Å²) in [4.78, 5) is 0. The topological polar surface area (TPSA) is 32.7 Å². The third-order valence-corrected chi connectivity index (χ3v) is 10.2. The minimum absolute atomic E-state index is 0.0122. The van der Waals surface area contributed by atoms with E-state index in [0.29, 0.717) is 6.54 Å². The second kappa shape index (κ2) is 10.2. The Balaban J connectivity index is 2.35. The van der Waals surface area contributed by atoms with E-state index in [9.17, 15) is 5.21 Å². The van der Waals surface area contributed by atoms with Crippen LogP contribution in [0.3, 0.4) is 0 Å². The summed E-state index contributed by atoms with van der Waals surface area (Å²) < 4.78 is 6.99. The molecule has 152 valence electrons. The van der Waals surface area contributed by atoms with Gasteiger partial charge in [0.15, 0.2) is 0 Å². The number of hydrogen-bond acceptors (Lipinski definition) is 3. The minimum Gasteiger partial charge on any atom is -0.401 e. The van der Waals surface area contributed by atoms with Gasteiger partial charge in [-0.15, -0.1) is 0 Å². The fraction of sp³-hybridized carbons (Fsp3) is 0.417. The Morgan fingerprint density at radius 2 is 1.50 bits per heavy atom. The van der Waals surface area contributed by atoms with Gasteiger partial charge < -0.3 is 9.63 Å². The van der Waals surface area contributed by atoms with Crippen molar-refractivity contribution in [2.24, 2.45) is 0 Å². The van der Waals surface area contributed by atoms with E-state index in [2.05, 4.69) is 101 Å². The van der Waals surface area contributed by atoms with E-state index in [-0.39, 0.29) is 11.1 Å². The summed E-state index contributed by atoms with van der Waals surface area (Å²) >= 11 is 0. The molecule has 1 atom stereocenters. The maximum Gasteiger partial charge on any atom is 0.261 e. The number of nitrogens with zero attached hydrogens (tertiary/aromatic N) is 1. The average molecular weight is 398 g/mol. The average Bonchev–Trinajstić information content (AvgIpc) is 2.66. The molecular weight excluding hydrogens is 362 g/mol. The number of allylic oxidation sites excluding steroid dienone is 1. The van der Waals surface area contributed by atoms with Gasteiger partial charge in [0.25, 0.3) is 8.32 Å². The Morgan fingerprint density at radius 3 is 1.93 bits per heavy atom. The fourth-order valence-electron chi connectivity index (χ4n) is 3.74. The van der Waals surface area contributed by atoms with Crippen LogP contribution >= 0.6 is 0 Å². The van der Waals surface area contributed by atoms with Gasteiger partial charge in [0, 0.05) is 13.6 Å². The summed E-state index contributed by atoms with van der Waals surface area (Å²) in [7, 11) is -0.819. The SMILES string of the molecule is C[C@@H](/C=C/CCCN(C)O)O[Si](c1ccccc1)(c1ccccc1)C(C)(C)C. The highest BCUT2D eigenvalue weighted by atomic mass is 28.4. The molecule has 0 spiro atoms. The van der Waals surface area contributed by atoms with Crippen LogP contribution in [0.15, 0.2) is 72.8 Å². The van der Waals surface area contributed by atoms with Crippen molar-refractivity contribution in [2.75, 3.05) is 13.6 Å². The van der Waals surface area contributed by atoms with Gasteiger partial charge in [0.05, 0.1) is 6.10 Å². The van der Waals surface area contributed by atoms with Crippen molar-refractivity contribution in [1.82, 2.24) is 5.06 Å². The van der Waals surface area contributed by atoms with Crippen molar-refractivity contribution in [3.63, 3.8) is 0 Å². The van der Waals surface area contributed by atoms with Gasteiger partial charge in [0.1, 0.15) is 0 Å². The highest BCUT2D eigenvalue weighted by molar-refractivity contribution is 6.99. The molecule has 28 heavy (non-hydrogen) atoms. The van der Waals surface area contributed by atoms with E-state index in [1.165, 1.54) is 15.4 Å². The number of hydroxylamine groups is 2. The Morgan fingerprint density at radius 1 is 1.00 bits per heavy atom. The van der Waals surface area contributed by atoms with Gasteiger partial charge in [0.2, 0.25) is 0 Å². The van der Waals surface area contributed by atoms with E-state index in [4.69, 9.17) is 4.43 Å². The summed E-state index contributed by atoms with van der Waals surface area (Å²) in [5, 5.41) is 13.1. The zero-order valence-electron chi connectivity index (χ0n) is 17.9. The van der Waals surface area contributed by atoms with Crippen molar-refractivity contribution in [2.45, 2.75) is 51.7 Å². The van der Waals surface area contributed by atoms with Crippen molar-refractivity contribution in [3.8, 4) is 0 Å². The molecule has 0 heterocycles. The van der Waals surface area contributed by atoms with Crippen LogP contribution in [0.2, 0.25) is 5.04 Å². The largest absolute Gasteiger partial charge is 0.401 e. The molecule has 0 amide bonds. The minimum atomic E-state index is -2.50. The maximum atomic E-state index is 9.25.